The zero-order valence-corrected chi connectivity index (χ0v) is 40.6. The number of aromatic nitrogens is 4. The van der Waals surface area contributed by atoms with Crippen molar-refractivity contribution < 1.29 is 42.9 Å². The molecule has 70 heavy (non-hydrogen) atoms. The maximum atomic E-state index is 13.5. The number of unbranched alkanes of at least 4 members (excludes halogenated alkanes) is 1. The molecule has 2 heterocycles. The molecule has 18 heteroatoms. The number of nitrogens with one attached hydrogen (secondary N) is 4. The highest BCUT2D eigenvalue weighted by Gasteiger charge is 2.24. The van der Waals surface area contributed by atoms with Gasteiger partial charge in [-0.2, -0.15) is 9.97 Å². The fraction of sp³-hybridized carbons (Fsp3) is 0.365. The normalized spacial score (nSPS) is 11.1. The minimum atomic E-state index is -1.24. The highest BCUT2D eigenvalue weighted by molar-refractivity contribution is 7.80. The van der Waals surface area contributed by atoms with Gasteiger partial charge in [0.05, 0.1) is 32.8 Å². The van der Waals surface area contributed by atoms with Gasteiger partial charge in [-0.25, -0.2) is 4.98 Å². The van der Waals surface area contributed by atoms with Crippen LogP contribution in [-0.2, 0) is 41.7 Å². The Balaban J connectivity index is 0.933. The lowest BCUT2D eigenvalue weighted by atomic mass is 10.1. The molecule has 3 amide bonds. The Labute approximate surface area is 409 Å². The van der Waals surface area contributed by atoms with Crippen molar-refractivity contribution in [1.82, 2.24) is 35.9 Å². The number of nitrogens with two attached hydrogens (primary N) is 1. The number of esters is 1. The van der Waals surface area contributed by atoms with Crippen LogP contribution in [0.15, 0.2) is 109 Å². The van der Waals surface area contributed by atoms with Crippen LogP contribution in [0.3, 0.4) is 0 Å². The number of anilines is 1. The molecule has 6 aromatic rings. The Kier molecular flexibility index (Phi) is 22.0. The van der Waals surface area contributed by atoms with E-state index in [1.54, 1.807) is 12.1 Å². The van der Waals surface area contributed by atoms with Crippen LogP contribution < -0.4 is 47.1 Å². The summed E-state index contributed by atoms with van der Waals surface area (Å²) in [5.41, 5.74) is 8.99. The third kappa shape index (κ3) is 17.6. The number of ether oxygens (including phenoxy) is 5. The van der Waals surface area contributed by atoms with Gasteiger partial charge in [-0.05, 0) is 73.5 Å². The van der Waals surface area contributed by atoms with Crippen molar-refractivity contribution in [3.63, 3.8) is 0 Å². The van der Waals surface area contributed by atoms with E-state index in [0.717, 1.165) is 46.3 Å². The lowest BCUT2D eigenvalue weighted by Gasteiger charge is -2.22. The molecule has 0 aliphatic carbocycles. The van der Waals surface area contributed by atoms with Crippen molar-refractivity contribution in [2.75, 3.05) is 58.5 Å². The van der Waals surface area contributed by atoms with Crippen molar-refractivity contribution in [1.29, 1.82) is 0 Å². The van der Waals surface area contributed by atoms with E-state index in [9.17, 15) is 19.2 Å². The first kappa shape index (κ1) is 52.6. The summed E-state index contributed by atoms with van der Waals surface area (Å²) in [4.78, 5) is 66.7. The topological polar surface area (TPSA) is 231 Å². The Hall–Kier alpha value is -6.78. The summed E-state index contributed by atoms with van der Waals surface area (Å²) in [6.45, 7) is 6.42. The van der Waals surface area contributed by atoms with Crippen LogP contribution >= 0.6 is 7.92 Å². The van der Waals surface area contributed by atoms with Crippen molar-refractivity contribution >= 4 is 64.6 Å². The molecule has 2 aromatic heterocycles. The molecule has 0 aliphatic rings. The summed E-state index contributed by atoms with van der Waals surface area (Å²) in [7, 11) is -1.24. The van der Waals surface area contributed by atoms with Gasteiger partial charge in [-0.3, -0.25) is 19.2 Å². The molecule has 0 aliphatic heterocycles. The van der Waals surface area contributed by atoms with Gasteiger partial charge in [-0.1, -0.05) is 98.3 Å². The number of imidazole rings is 1. The molecule has 0 saturated heterocycles. The highest BCUT2D eigenvalue weighted by Crippen LogP contribution is 2.37. The number of aromatic amines is 1. The molecule has 6 rings (SSSR count). The fourth-order valence-corrected chi connectivity index (χ4v) is 9.44. The van der Waals surface area contributed by atoms with Crippen LogP contribution in [0.2, 0.25) is 0 Å². The zero-order valence-electron chi connectivity index (χ0n) is 39.7. The van der Waals surface area contributed by atoms with Gasteiger partial charge < -0.3 is 50.4 Å². The maximum absolute atomic E-state index is 13.5. The average molecular weight is 975 g/mol. The number of fused-ring (bicyclic) bond motifs is 1. The molecule has 0 radical (unpaired) electrons. The van der Waals surface area contributed by atoms with E-state index in [0.29, 0.717) is 100 Å². The number of H-pyrrole nitrogens is 1. The van der Waals surface area contributed by atoms with E-state index in [-0.39, 0.29) is 49.5 Å². The SMILES string of the molecule is CCCCC(=O)NCCCOCCOCCOCCCNC(=O)c1ccc(OC(=O)CCCC(=O)NCc2ccc(COc3nc(N)nc4nc[nH]c34)cc2)c(P(c2ccccc2)c2ccccc2)c1. The first-order chi connectivity index (χ1) is 34.3. The second kappa shape index (κ2) is 29.3. The standard InChI is InChI=1S/C52H63N8O9P/c1-2-3-17-45(61)54-26-11-28-65-30-32-67-33-31-66-29-12-27-55-50(64)40-24-25-43(44(34-40)70(41-13-6-4-7-14-41)42-15-8-5-9-16-42)69-47(63)19-10-18-46(62)56-35-38-20-22-39(23-21-38)36-68-51-48-49(58-37-57-48)59-52(53)60-51/h4-9,13-16,20-25,34,37H,2-3,10-12,17-19,26-33,35-36H2,1H3,(H,54,61)(H,55,64)(H,56,62)(H3,53,57,58,59,60). The first-order valence-corrected chi connectivity index (χ1v) is 25.1. The summed E-state index contributed by atoms with van der Waals surface area (Å²) >= 11 is 0. The molecule has 0 spiro atoms. The van der Waals surface area contributed by atoms with Crippen LogP contribution in [0.25, 0.3) is 11.2 Å². The molecule has 0 atom stereocenters. The zero-order chi connectivity index (χ0) is 49.2. The number of benzene rings is 4. The molecule has 0 bridgehead atoms. The number of nitrogens with zero attached hydrogens (tertiary/aromatic N) is 3. The Morgan fingerprint density at radius 3 is 1.94 bits per heavy atom. The predicted octanol–water partition coefficient (Wildman–Crippen LogP) is 5.53. The molecule has 370 valence electrons. The van der Waals surface area contributed by atoms with Gasteiger partial charge in [0.2, 0.25) is 23.6 Å². The predicted molar refractivity (Wildman–Crippen MR) is 270 cm³/mol. The van der Waals surface area contributed by atoms with Gasteiger partial charge in [0.15, 0.2) is 5.65 Å². The van der Waals surface area contributed by atoms with Gasteiger partial charge in [-0.15, -0.1) is 0 Å². The van der Waals surface area contributed by atoms with E-state index in [2.05, 4.69) is 42.8 Å². The van der Waals surface area contributed by atoms with E-state index >= 15 is 0 Å². The minimum Gasteiger partial charge on any atom is -0.471 e. The smallest absolute Gasteiger partial charge is 0.311 e. The van der Waals surface area contributed by atoms with Crippen LogP contribution in [0.5, 0.6) is 11.6 Å². The Morgan fingerprint density at radius 1 is 0.657 bits per heavy atom. The lowest BCUT2D eigenvalue weighted by Crippen LogP contribution is -2.28. The maximum Gasteiger partial charge on any atom is 0.311 e. The lowest BCUT2D eigenvalue weighted by molar-refractivity contribution is -0.134. The summed E-state index contributed by atoms with van der Waals surface area (Å²) in [5.74, 6) is -0.0966. The van der Waals surface area contributed by atoms with Gasteiger partial charge in [0, 0.05) is 63.0 Å². The molecule has 4 aromatic carbocycles. The minimum absolute atomic E-state index is 0.0200. The number of carbonyl (C=O) groups excluding carboxylic acids is 4. The van der Waals surface area contributed by atoms with Crippen LogP contribution in [-0.4, -0.2) is 96.4 Å². The fourth-order valence-electron chi connectivity index (χ4n) is 7.04. The first-order valence-electron chi connectivity index (χ1n) is 23.7. The third-order valence-corrected chi connectivity index (χ3v) is 13.2. The quantitative estimate of drug-likeness (QED) is 0.0156. The number of carbonyl (C=O) groups is 4. The van der Waals surface area contributed by atoms with E-state index in [1.165, 1.54) is 6.33 Å². The van der Waals surface area contributed by atoms with Crippen molar-refractivity contribution in [2.24, 2.45) is 0 Å². The monoisotopic (exact) mass is 974 g/mol. The molecule has 0 fully saturated rings. The molecule has 0 unspecified atom stereocenters. The average Bonchev–Trinajstić information content (AvgIpc) is 3.85. The molecule has 17 nitrogen and oxygen atoms in total. The van der Waals surface area contributed by atoms with Crippen LogP contribution in [0, 0.1) is 0 Å². The largest absolute Gasteiger partial charge is 0.471 e. The summed E-state index contributed by atoms with van der Waals surface area (Å²) in [5, 5.41) is 11.6. The summed E-state index contributed by atoms with van der Waals surface area (Å²) in [6, 6.07) is 32.7. The summed E-state index contributed by atoms with van der Waals surface area (Å²) in [6.07, 6.45) is 5.78. The Bertz CT molecular complexity index is 2510. The Morgan fingerprint density at radius 2 is 1.27 bits per heavy atom. The van der Waals surface area contributed by atoms with E-state index in [4.69, 9.17) is 29.4 Å². The van der Waals surface area contributed by atoms with Gasteiger partial charge >= 0.3 is 5.97 Å². The van der Waals surface area contributed by atoms with Gasteiger partial charge in [0.25, 0.3) is 5.91 Å². The third-order valence-electron chi connectivity index (χ3n) is 10.7. The second-order valence-corrected chi connectivity index (χ2v) is 18.3. The number of amides is 3. The van der Waals surface area contributed by atoms with Gasteiger partial charge in [0.1, 0.15) is 17.9 Å². The molecule has 6 N–H and O–H groups in total. The van der Waals surface area contributed by atoms with Crippen LogP contribution in [0.4, 0.5) is 5.95 Å². The van der Waals surface area contributed by atoms with Crippen molar-refractivity contribution in [3.8, 4) is 11.6 Å². The number of hydrogen-bond acceptors (Lipinski definition) is 13. The van der Waals surface area contributed by atoms with Crippen molar-refractivity contribution in [2.45, 2.75) is 71.4 Å². The van der Waals surface area contributed by atoms with E-state index < -0.39 is 13.9 Å². The highest BCUT2D eigenvalue weighted by atomic mass is 31.1. The molecule has 0 saturated carbocycles. The number of hydrogen-bond donors (Lipinski definition) is 5. The molecular formula is C52H63N8O9P. The van der Waals surface area contributed by atoms with Crippen molar-refractivity contribution in [3.05, 3.63) is 126 Å². The van der Waals surface area contributed by atoms with Crippen LogP contribution in [0.1, 0.15) is 79.8 Å². The van der Waals surface area contributed by atoms with E-state index in [1.807, 2.05) is 91.0 Å². The second-order valence-electron chi connectivity index (χ2n) is 16.1. The molecular weight excluding hydrogens is 912 g/mol. The number of rotatable bonds is 31. The summed E-state index contributed by atoms with van der Waals surface area (Å²) < 4.78 is 28.8. The number of nitrogen functional groups attached to an aromatic ring is 1.